The van der Waals surface area contributed by atoms with Crippen LogP contribution in [0, 0.1) is 0 Å². The zero-order chi connectivity index (χ0) is 17.0. The first-order valence-corrected chi connectivity index (χ1v) is 9.23. The van der Waals surface area contributed by atoms with Crippen molar-refractivity contribution in [2.24, 2.45) is 0 Å². The molecule has 0 spiro atoms. The summed E-state index contributed by atoms with van der Waals surface area (Å²) in [4.78, 5) is 11.9. The quantitative estimate of drug-likeness (QED) is 0.718. The summed E-state index contributed by atoms with van der Waals surface area (Å²) >= 11 is 0. The number of sulfonamides is 1. The monoisotopic (exact) mass is 345 g/mol. The molecule has 1 aliphatic carbocycles. The Balaban J connectivity index is 1.73. The fraction of sp³-hybridized carbons (Fsp3) is 0.235. The van der Waals surface area contributed by atoms with Gasteiger partial charge in [0.25, 0.3) is 10.0 Å². The number of para-hydroxylation sites is 2. The van der Waals surface area contributed by atoms with E-state index in [9.17, 15) is 13.2 Å². The topological polar surface area (TPSA) is 87.3 Å². The first kappa shape index (κ1) is 16.3. The molecule has 0 saturated heterocycles. The second-order valence-electron chi connectivity index (χ2n) is 5.66. The van der Waals surface area contributed by atoms with Gasteiger partial charge in [-0.3, -0.25) is 9.52 Å². The van der Waals surface area contributed by atoms with E-state index < -0.39 is 10.0 Å². The lowest BCUT2D eigenvalue weighted by atomic mass is 10.3. The number of carbonyl (C=O) groups excluding carboxylic acids is 1. The van der Waals surface area contributed by atoms with Crippen molar-refractivity contribution in [2.45, 2.75) is 23.8 Å². The van der Waals surface area contributed by atoms with Gasteiger partial charge in [0.1, 0.15) is 4.90 Å². The number of amides is 1. The minimum absolute atomic E-state index is 0.0361. The number of benzene rings is 2. The molecule has 2 aromatic carbocycles. The molecule has 2 aromatic rings. The largest absolute Gasteiger partial charge is 0.375 e. The Morgan fingerprint density at radius 2 is 1.67 bits per heavy atom. The Kier molecular flexibility index (Phi) is 4.71. The molecule has 0 aromatic heterocycles. The van der Waals surface area contributed by atoms with Gasteiger partial charge in [-0.2, -0.15) is 0 Å². The van der Waals surface area contributed by atoms with Crippen LogP contribution in [-0.4, -0.2) is 26.9 Å². The van der Waals surface area contributed by atoms with Gasteiger partial charge in [-0.1, -0.05) is 30.3 Å². The number of hydrogen-bond donors (Lipinski definition) is 3. The van der Waals surface area contributed by atoms with Gasteiger partial charge in [0.2, 0.25) is 5.91 Å². The van der Waals surface area contributed by atoms with Crippen LogP contribution in [0.25, 0.3) is 0 Å². The van der Waals surface area contributed by atoms with Crippen molar-refractivity contribution in [3.05, 3.63) is 54.6 Å². The maximum atomic E-state index is 12.6. The summed E-state index contributed by atoms with van der Waals surface area (Å²) in [5, 5.41) is 5.76. The van der Waals surface area contributed by atoms with Gasteiger partial charge < -0.3 is 10.6 Å². The number of hydrogen-bond acceptors (Lipinski definition) is 4. The average molecular weight is 345 g/mol. The Labute approximate surface area is 141 Å². The van der Waals surface area contributed by atoms with Crippen LogP contribution in [0.2, 0.25) is 0 Å². The van der Waals surface area contributed by atoms with Crippen LogP contribution in [0.15, 0.2) is 59.5 Å². The highest BCUT2D eigenvalue weighted by atomic mass is 32.2. The van der Waals surface area contributed by atoms with Gasteiger partial charge >= 0.3 is 0 Å². The van der Waals surface area contributed by atoms with E-state index in [0.717, 1.165) is 12.8 Å². The molecule has 3 rings (SSSR count). The number of anilines is 2. The average Bonchev–Trinajstić information content (AvgIpc) is 3.38. The molecule has 126 valence electrons. The smallest absolute Gasteiger partial charge is 0.263 e. The van der Waals surface area contributed by atoms with E-state index in [2.05, 4.69) is 15.4 Å². The Morgan fingerprint density at radius 3 is 2.38 bits per heavy atom. The first-order chi connectivity index (χ1) is 11.5. The molecule has 24 heavy (non-hydrogen) atoms. The van der Waals surface area contributed by atoms with Crippen LogP contribution in [0.1, 0.15) is 12.8 Å². The summed E-state index contributed by atoms with van der Waals surface area (Å²) < 4.78 is 27.7. The Morgan fingerprint density at radius 1 is 1.00 bits per heavy atom. The Hall–Kier alpha value is -2.54. The zero-order valence-corrected chi connectivity index (χ0v) is 13.8. The summed E-state index contributed by atoms with van der Waals surface area (Å²) in [6.45, 7) is 0.0361. The molecule has 6 nitrogen and oxygen atoms in total. The van der Waals surface area contributed by atoms with Gasteiger partial charge in [0.05, 0.1) is 12.2 Å². The van der Waals surface area contributed by atoms with Gasteiger partial charge in [-0.25, -0.2) is 8.42 Å². The molecule has 0 heterocycles. The standard InChI is InChI=1S/C17H19N3O3S/c21-17(19-13-10-11-13)12-18-15-8-4-5-9-16(15)24(22,23)20-14-6-2-1-3-7-14/h1-9,13,18,20H,10-12H2,(H,19,21). The lowest BCUT2D eigenvalue weighted by molar-refractivity contribution is -0.119. The van der Waals surface area contributed by atoms with E-state index in [1.54, 1.807) is 42.5 Å². The van der Waals surface area contributed by atoms with Gasteiger partial charge in [0.15, 0.2) is 0 Å². The fourth-order valence-corrected chi connectivity index (χ4v) is 3.49. The summed E-state index contributed by atoms with van der Waals surface area (Å²) in [7, 11) is -3.75. The predicted octanol–water partition coefficient (Wildman–Crippen LogP) is 2.18. The highest BCUT2D eigenvalue weighted by Crippen LogP contribution is 2.23. The number of carbonyl (C=O) groups is 1. The van der Waals surface area contributed by atoms with Crippen LogP contribution in [0.4, 0.5) is 11.4 Å². The molecule has 1 fully saturated rings. The molecule has 0 aliphatic heterocycles. The maximum absolute atomic E-state index is 12.6. The molecule has 0 bridgehead atoms. The third-order valence-electron chi connectivity index (χ3n) is 3.58. The van der Waals surface area contributed by atoms with E-state index in [-0.39, 0.29) is 23.4 Å². The van der Waals surface area contributed by atoms with Gasteiger partial charge in [0, 0.05) is 11.7 Å². The van der Waals surface area contributed by atoms with Gasteiger partial charge in [-0.15, -0.1) is 0 Å². The summed E-state index contributed by atoms with van der Waals surface area (Å²) in [5.41, 5.74) is 0.880. The first-order valence-electron chi connectivity index (χ1n) is 7.75. The van der Waals surface area contributed by atoms with Crippen molar-refractivity contribution >= 4 is 27.3 Å². The minimum Gasteiger partial charge on any atom is -0.375 e. The summed E-state index contributed by atoms with van der Waals surface area (Å²) in [6.07, 6.45) is 2.02. The molecular weight excluding hydrogens is 326 g/mol. The zero-order valence-electron chi connectivity index (χ0n) is 13.0. The van der Waals surface area contributed by atoms with Crippen molar-refractivity contribution < 1.29 is 13.2 Å². The van der Waals surface area contributed by atoms with Crippen LogP contribution >= 0.6 is 0 Å². The molecule has 1 aliphatic rings. The normalized spacial score (nSPS) is 14.0. The van der Waals surface area contributed by atoms with Crippen molar-refractivity contribution in [3.8, 4) is 0 Å². The second-order valence-corrected chi connectivity index (χ2v) is 7.31. The molecule has 0 radical (unpaired) electrons. The van der Waals surface area contributed by atoms with Crippen molar-refractivity contribution in [2.75, 3.05) is 16.6 Å². The van der Waals surface area contributed by atoms with E-state index in [1.807, 2.05) is 6.07 Å². The highest BCUT2D eigenvalue weighted by molar-refractivity contribution is 7.92. The lowest BCUT2D eigenvalue weighted by Gasteiger charge is -2.13. The number of nitrogens with one attached hydrogen (secondary N) is 3. The van der Waals surface area contributed by atoms with Crippen molar-refractivity contribution in [3.63, 3.8) is 0 Å². The maximum Gasteiger partial charge on any atom is 0.263 e. The highest BCUT2D eigenvalue weighted by Gasteiger charge is 2.23. The molecule has 3 N–H and O–H groups in total. The third-order valence-corrected chi connectivity index (χ3v) is 5.02. The summed E-state index contributed by atoms with van der Waals surface area (Å²) in [5.74, 6) is -0.138. The minimum atomic E-state index is -3.75. The second kappa shape index (κ2) is 6.92. The SMILES string of the molecule is O=C(CNc1ccccc1S(=O)(=O)Nc1ccccc1)NC1CC1. The van der Waals surface area contributed by atoms with E-state index in [4.69, 9.17) is 0 Å². The van der Waals surface area contributed by atoms with Crippen molar-refractivity contribution in [1.29, 1.82) is 0 Å². The van der Waals surface area contributed by atoms with Crippen LogP contribution < -0.4 is 15.4 Å². The lowest BCUT2D eigenvalue weighted by Crippen LogP contribution is -2.31. The molecule has 1 saturated carbocycles. The predicted molar refractivity (Wildman–Crippen MR) is 93.3 cm³/mol. The molecule has 0 unspecified atom stereocenters. The van der Waals surface area contributed by atoms with Crippen LogP contribution in [0.5, 0.6) is 0 Å². The van der Waals surface area contributed by atoms with E-state index in [1.165, 1.54) is 6.07 Å². The number of rotatable bonds is 7. The van der Waals surface area contributed by atoms with Gasteiger partial charge in [-0.05, 0) is 37.1 Å². The molecule has 1 amide bonds. The van der Waals surface area contributed by atoms with E-state index in [0.29, 0.717) is 11.4 Å². The molecule has 7 heteroatoms. The third kappa shape index (κ3) is 4.26. The van der Waals surface area contributed by atoms with E-state index >= 15 is 0 Å². The Bertz CT molecular complexity index is 818. The van der Waals surface area contributed by atoms with Crippen molar-refractivity contribution in [1.82, 2.24) is 5.32 Å². The summed E-state index contributed by atoms with van der Waals surface area (Å²) in [6, 6.07) is 15.5. The van der Waals surface area contributed by atoms with Crippen LogP contribution in [-0.2, 0) is 14.8 Å². The fourth-order valence-electron chi connectivity index (χ4n) is 2.25. The molecule has 0 atom stereocenters. The molecular formula is C17H19N3O3S. The van der Waals surface area contributed by atoms with Crippen LogP contribution in [0.3, 0.4) is 0 Å².